The molecular formula is C14H25NO4. The van der Waals surface area contributed by atoms with Crippen molar-refractivity contribution in [3.8, 4) is 0 Å². The van der Waals surface area contributed by atoms with E-state index in [1.165, 1.54) is 0 Å². The Balaban J connectivity index is 2.57. The van der Waals surface area contributed by atoms with Crippen molar-refractivity contribution in [2.45, 2.75) is 51.9 Å². The Kier molecular flexibility index (Phi) is 6.28. The molecule has 1 aliphatic rings. The molecule has 1 fully saturated rings. The van der Waals surface area contributed by atoms with Gasteiger partial charge in [0.05, 0.1) is 12.0 Å². The maximum atomic E-state index is 11.7. The van der Waals surface area contributed by atoms with Gasteiger partial charge in [0.2, 0.25) is 5.91 Å². The molecule has 0 saturated heterocycles. The van der Waals surface area contributed by atoms with Crippen LogP contribution in [-0.4, -0.2) is 35.2 Å². The number of aliphatic carboxylic acids is 1. The summed E-state index contributed by atoms with van der Waals surface area (Å²) in [5.41, 5.74) is -0.899. The molecule has 0 heterocycles. The van der Waals surface area contributed by atoms with Crippen molar-refractivity contribution in [3.05, 3.63) is 0 Å². The normalized spacial score (nSPS) is 26.9. The van der Waals surface area contributed by atoms with Crippen LogP contribution in [0.4, 0.5) is 0 Å². The number of carbonyl (C=O) groups excluding carboxylic acids is 1. The predicted octanol–water partition coefficient (Wildman–Crippen LogP) is 1.55. The second-order valence-corrected chi connectivity index (χ2v) is 5.57. The number of aliphatic hydroxyl groups excluding tert-OH is 1. The third-order valence-electron chi connectivity index (χ3n) is 4.15. The molecule has 5 heteroatoms. The fraction of sp³-hybridized carbons (Fsp3) is 0.857. The summed E-state index contributed by atoms with van der Waals surface area (Å²) in [5, 5.41) is 20.7. The molecule has 0 aromatic rings. The Morgan fingerprint density at radius 1 is 1.32 bits per heavy atom. The summed E-state index contributed by atoms with van der Waals surface area (Å²) in [6, 6.07) is 0. The highest BCUT2D eigenvalue weighted by Gasteiger charge is 2.43. The van der Waals surface area contributed by atoms with Gasteiger partial charge >= 0.3 is 5.97 Å². The predicted molar refractivity (Wildman–Crippen MR) is 71.6 cm³/mol. The summed E-state index contributed by atoms with van der Waals surface area (Å²) in [6.07, 6.45) is 5.26. The number of amides is 1. The fourth-order valence-corrected chi connectivity index (χ4v) is 2.96. The number of rotatable bonds is 7. The molecule has 0 unspecified atom stereocenters. The van der Waals surface area contributed by atoms with Gasteiger partial charge in [0.25, 0.3) is 0 Å². The molecule has 0 spiro atoms. The summed E-state index contributed by atoms with van der Waals surface area (Å²) in [7, 11) is 0. The second-order valence-electron chi connectivity index (χ2n) is 5.57. The van der Waals surface area contributed by atoms with Crippen molar-refractivity contribution in [3.63, 3.8) is 0 Å². The van der Waals surface area contributed by atoms with Crippen LogP contribution in [0.3, 0.4) is 0 Å². The molecule has 1 amide bonds. The minimum atomic E-state index is -0.899. The minimum Gasteiger partial charge on any atom is -0.481 e. The molecule has 3 N–H and O–H groups in total. The Hall–Kier alpha value is -1.10. The first-order chi connectivity index (χ1) is 9.04. The first kappa shape index (κ1) is 16.0. The van der Waals surface area contributed by atoms with E-state index in [1.807, 2.05) is 0 Å². The Morgan fingerprint density at radius 3 is 2.42 bits per heavy atom. The van der Waals surface area contributed by atoms with Crippen LogP contribution in [0.25, 0.3) is 0 Å². The number of aliphatic hydroxyl groups is 1. The minimum absolute atomic E-state index is 0.0289. The maximum Gasteiger partial charge on any atom is 0.310 e. The zero-order valence-corrected chi connectivity index (χ0v) is 11.7. The van der Waals surface area contributed by atoms with Gasteiger partial charge in [-0.1, -0.05) is 19.8 Å². The lowest BCUT2D eigenvalue weighted by molar-refractivity contribution is -0.154. The molecule has 5 nitrogen and oxygen atoms in total. The van der Waals surface area contributed by atoms with Crippen LogP contribution < -0.4 is 5.32 Å². The van der Waals surface area contributed by atoms with Gasteiger partial charge in [-0.05, 0) is 31.6 Å². The van der Waals surface area contributed by atoms with Crippen LogP contribution in [-0.2, 0) is 9.59 Å². The van der Waals surface area contributed by atoms with Gasteiger partial charge in [-0.3, -0.25) is 9.59 Å². The second kappa shape index (κ2) is 7.48. The largest absolute Gasteiger partial charge is 0.481 e. The molecule has 110 valence electrons. The average molecular weight is 271 g/mol. The molecule has 1 aliphatic carbocycles. The van der Waals surface area contributed by atoms with Gasteiger partial charge in [-0.15, -0.1) is 0 Å². The van der Waals surface area contributed by atoms with Gasteiger partial charge in [0, 0.05) is 13.0 Å². The summed E-state index contributed by atoms with van der Waals surface area (Å²) >= 11 is 0. The Bertz CT molecular complexity index is 309. The Morgan fingerprint density at radius 2 is 1.95 bits per heavy atom. The van der Waals surface area contributed by atoms with Crippen LogP contribution in [0.1, 0.15) is 51.9 Å². The smallest absolute Gasteiger partial charge is 0.310 e. The molecule has 19 heavy (non-hydrogen) atoms. The quantitative estimate of drug-likeness (QED) is 0.655. The van der Waals surface area contributed by atoms with Gasteiger partial charge in [0.1, 0.15) is 0 Å². The lowest BCUT2D eigenvalue weighted by Gasteiger charge is -2.36. The van der Waals surface area contributed by atoms with Crippen LogP contribution in [0.5, 0.6) is 0 Å². The SMILES string of the molecule is CCCC1CCC(CC(=O)NCCO)(C(=O)O)CC1. The molecule has 0 bridgehead atoms. The van der Waals surface area contributed by atoms with Crippen LogP contribution in [0.2, 0.25) is 0 Å². The van der Waals surface area contributed by atoms with Gasteiger partial charge in [-0.25, -0.2) is 0 Å². The van der Waals surface area contributed by atoms with E-state index in [0.717, 1.165) is 25.7 Å². The summed E-state index contributed by atoms with van der Waals surface area (Å²) < 4.78 is 0. The van der Waals surface area contributed by atoms with Crippen molar-refractivity contribution < 1.29 is 19.8 Å². The third kappa shape index (κ3) is 4.49. The van der Waals surface area contributed by atoms with Gasteiger partial charge in [0.15, 0.2) is 0 Å². The summed E-state index contributed by atoms with van der Waals surface area (Å²) in [6.45, 7) is 2.21. The fourth-order valence-electron chi connectivity index (χ4n) is 2.96. The topological polar surface area (TPSA) is 86.6 Å². The van der Waals surface area contributed by atoms with Crippen molar-refractivity contribution >= 4 is 11.9 Å². The zero-order valence-electron chi connectivity index (χ0n) is 11.7. The summed E-state index contributed by atoms with van der Waals surface area (Å²) in [5.74, 6) is -0.523. The number of carbonyl (C=O) groups is 2. The number of hydrogen-bond acceptors (Lipinski definition) is 3. The molecule has 1 saturated carbocycles. The number of hydrogen-bond donors (Lipinski definition) is 3. The molecule has 0 radical (unpaired) electrons. The first-order valence-electron chi connectivity index (χ1n) is 7.15. The molecule has 0 atom stereocenters. The standard InChI is InChI=1S/C14H25NO4/c1-2-3-11-4-6-14(7-5-11,13(18)19)10-12(17)15-8-9-16/h11,16H,2-10H2,1H3,(H,15,17)(H,18,19). The van der Waals surface area contributed by atoms with E-state index in [-0.39, 0.29) is 25.5 Å². The third-order valence-corrected chi connectivity index (χ3v) is 4.15. The van der Waals surface area contributed by atoms with Crippen molar-refractivity contribution in [2.24, 2.45) is 11.3 Å². The molecular weight excluding hydrogens is 246 g/mol. The number of carboxylic acid groups (broad SMARTS) is 1. The van der Waals surface area contributed by atoms with Crippen molar-refractivity contribution in [1.29, 1.82) is 0 Å². The molecule has 1 rings (SSSR count). The molecule has 0 aromatic carbocycles. The van der Waals surface area contributed by atoms with E-state index >= 15 is 0 Å². The average Bonchev–Trinajstić information content (AvgIpc) is 2.39. The lowest BCUT2D eigenvalue weighted by atomic mass is 9.67. The Labute approximate surface area is 114 Å². The monoisotopic (exact) mass is 271 g/mol. The first-order valence-corrected chi connectivity index (χ1v) is 7.15. The molecule has 0 aliphatic heterocycles. The maximum absolute atomic E-state index is 11.7. The highest BCUT2D eigenvalue weighted by molar-refractivity contribution is 5.85. The van der Waals surface area contributed by atoms with E-state index < -0.39 is 11.4 Å². The van der Waals surface area contributed by atoms with E-state index in [1.54, 1.807) is 0 Å². The molecule has 0 aromatic heterocycles. The van der Waals surface area contributed by atoms with E-state index in [4.69, 9.17) is 5.11 Å². The van der Waals surface area contributed by atoms with Crippen LogP contribution in [0.15, 0.2) is 0 Å². The van der Waals surface area contributed by atoms with Crippen molar-refractivity contribution in [1.82, 2.24) is 5.32 Å². The highest BCUT2D eigenvalue weighted by atomic mass is 16.4. The van der Waals surface area contributed by atoms with Crippen LogP contribution in [0, 0.1) is 11.3 Å². The van der Waals surface area contributed by atoms with Crippen molar-refractivity contribution in [2.75, 3.05) is 13.2 Å². The van der Waals surface area contributed by atoms with E-state index in [0.29, 0.717) is 18.8 Å². The van der Waals surface area contributed by atoms with Gasteiger partial charge < -0.3 is 15.5 Å². The summed E-state index contributed by atoms with van der Waals surface area (Å²) in [4.78, 5) is 23.2. The van der Waals surface area contributed by atoms with Crippen LogP contribution >= 0.6 is 0 Å². The van der Waals surface area contributed by atoms with Gasteiger partial charge in [-0.2, -0.15) is 0 Å². The number of carboxylic acids is 1. The van der Waals surface area contributed by atoms with E-state index in [9.17, 15) is 14.7 Å². The zero-order chi connectivity index (χ0) is 14.3. The lowest BCUT2D eigenvalue weighted by Crippen LogP contribution is -2.41. The van der Waals surface area contributed by atoms with E-state index in [2.05, 4.69) is 12.2 Å². The highest BCUT2D eigenvalue weighted by Crippen LogP contribution is 2.43. The number of nitrogens with one attached hydrogen (secondary N) is 1.